The Morgan fingerprint density at radius 1 is 1.15 bits per heavy atom. The number of carboxylic acids is 2. The second kappa shape index (κ2) is 14.4. The number of ether oxygens (including phenoxy) is 1. The standard InChI is InChI=1S/C26H32N2O4S.C2HF3O2/c1-18-8-10-21(11-9-18)26-27-24(19(2)32-26)17-31-22-6-3-5-20(13-22)14-28(16-25(29)30)15-23-7-4-12-33-23;3-2(4,5)1(6)7/h4,7-12,20,22H,3,5-6,13-17H2,1-2H3,(H,29,30);(H,6,7)/t20-,22+;/m0./s1. The van der Waals surface area contributed by atoms with E-state index in [1.54, 1.807) is 11.3 Å². The lowest BCUT2D eigenvalue weighted by molar-refractivity contribution is -0.192. The van der Waals surface area contributed by atoms with E-state index < -0.39 is 18.1 Å². The van der Waals surface area contributed by atoms with Crippen molar-refractivity contribution >= 4 is 23.3 Å². The predicted molar refractivity (Wildman–Crippen MR) is 143 cm³/mol. The van der Waals surface area contributed by atoms with E-state index in [0.29, 0.717) is 25.0 Å². The highest BCUT2D eigenvalue weighted by Crippen LogP contribution is 2.29. The second-order valence-corrected chi connectivity index (χ2v) is 10.8. The molecule has 8 nitrogen and oxygen atoms in total. The quantitative estimate of drug-likeness (QED) is 0.286. The molecular weight excluding hydrogens is 549 g/mol. The highest BCUT2D eigenvalue weighted by molar-refractivity contribution is 7.09. The molecule has 0 saturated heterocycles. The molecule has 0 aliphatic heterocycles. The Kier molecular flexibility index (Phi) is 11.3. The monoisotopic (exact) mass is 582 g/mol. The van der Waals surface area contributed by atoms with E-state index in [2.05, 4.69) is 35.0 Å². The molecule has 1 aromatic carbocycles. The maximum absolute atomic E-state index is 11.4. The molecule has 0 bridgehead atoms. The number of halogens is 3. The number of carboxylic acid groups (broad SMARTS) is 2. The van der Waals surface area contributed by atoms with Gasteiger partial charge in [0.05, 0.1) is 19.3 Å². The lowest BCUT2D eigenvalue weighted by atomic mass is 9.86. The maximum atomic E-state index is 11.4. The van der Waals surface area contributed by atoms with Gasteiger partial charge in [-0.1, -0.05) is 30.2 Å². The van der Waals surface area contributed by atoms with Gasteiger partial charge in [-0.25, -0.2) is 9.78 Å². The number of aliphatic carboxylic acids is 2. The molecule has 0 unspecified atom stereocenters. The molecule has 12 heteroatoms. The summed E-state index contributed by atoms with van der Waals surface area (Å²) in [6, 6.07) is 12.2. The van der Waals surface area contributed by atoms with Gasteiger partial charge < -0.3 is 19.4 Å². The first-order chi connectivity index (χ1) is 18.9. The highest BCUT2D eigenvalue weighted by Gasteiger charge is 2.38. The van der Waals surface area contributed by atoms with Gasteiger partial charge in [0, 0.05) is 23.5 Å². The summed E-state index contributed by atoms with van der Waals surface area (Å²) >= 11 is 1.67. The number of alkyl halides is 3. The normalized spacial score (nSPS) is 17.4. The fourth-order valence-electron chi connectivity index (χ4n) is 4.50. The third-order valence-electron chi connectivity index (χ3n) is 6.46. The van der Waals surface area contributed by atoms with E-state index in [9.17, 15) is 23.1 Å². The topological polar surface area (TPSA) is 113 Å². The first-order valence-electron chi connectivity index (χ1n) is 12.8. The van der Waals surface area contributed by atoms with Crippen molar-refractivity contribution in [1.82, 2.24) is 9.88 Å². The number of hydrogen-bond donors (Lipinski definition) is 2. The van der Waals surface area contributed by atoms with Crippen molar-refractivity contribution < 1.29 is 42.1 Å². The first-order valence-corrected chi connectivity index (χ1v) is 13.7. The van der Waals surface area contributed by atoms with E-state index in [1.165, 1.54) is 10.4 Å². The minimum absolute atomic E-state index is 0.0693. The van der Waals surface area contributed by atoms with Gasteiger partial charge in [-0.2, -0.15) is 13.2 Å². The zero-order chi connectivity index (χ0) is 29.3. The van der Waals surface area contributed by atoms with Gasteiger partial charge >= 0.3 is 18.1 Å². The number of benzene rings is 1. The summed E-state index contributed by atoms with van der Waals surface area (Å²) in [6.07, 6.45) is -0.733. The third kappa shape index (κ3) is 10.1. The van der Waals surface area contributed by atoms with Crippen LogP contribution in [-0.4, -0.2) is 57.4 Å². The average molecular weight is 583 g/mol. The largest absolute Gasteiger partial charge is 0.490 e. The highest BCUT2D eigenvalue weighted by atomic mass is 32.1. The molecule has 218 valence electrons. The molecule has 0 radical (unpaired) electrons. The fourth-order valence-corrected chi connectivity index (χ4v) is 5.25. The molecule has 2 atom stereocenters. The molecule has 4 rings (SSSR count). The van der Waals surface area contributed by atoms with Crippen molar-refractivity contribution in [2.45, 2.75) is 65.0 Å². The molecule has 0 spiro atoms. The molecule has 2 aromatic heterocycles. The van der Waals surface area contributed by atoms with Gasteiger partial charge in [-0.05, 0) is 62.6 Å². The van der Waals surface area contributed by atoms with E-state index in [0.717, 1.165) is 49.2 Å². The van der Waals surface area contributed by atoms with Crippen LogP contribution >= 0.6 is 11.3 Å². The Morgan fingerprint density at radius 2 is 1.85 bits per heavy atom. The number of hydrogen-bond acceptors (Lipinski definition) is 7. The van der Waals surface area contributed by atoms with Gasteiger partial charge in [-0.3, -0.25) is 9.69 Å². The lowest BCUT2D eigenvalue weighted by Gasteiger charge is -2.32. The van der Waals surface area contributed by atoms with Crippen LogP contribution in [0, 0.1) is 19.8 Å². The van der Waals surface area contributed by atoms with Crippen molar-refractivity contribution in [3.05, 3.63) is 63.7 Å². The molecule has 2 N–H and O–H groups in total. The molecular formula is C28H33F3N2O6S. The lowest BCUT2D eigenvalue weighted by Crippen LogP contribution is -2.36. The average Bonchev–Trinajstić information content (AvgIpc) is 3.52. The van der Waals surface area contributed by atoms with Crippen molar-refractivity contribution in [1.29, 1.82) is 0 Å². The number of oxazole rings is 1. The summed E-state index contributed by atoms with van der Waals surface area (Å²) in [7, 11) is 0. The molecule has 1 aliphatic carbocycles. The van der Waals surface area contributed by atoms with Crippen LogP contribution in [0.4, 0.5) is 13.2 Å². The smallest absolute Gasteiger partial charge is 0.480 e. The number of thiophene rings is 1. The number of aromatic nitrogens is 1. The number of carbonyl (C=O) groups is 2. The van der Waals surface area contributed by atoms with Gasteiger partial charge in [0.1, 0.15) is 11.5 Å². The maximum Gasteiger partial charge on any atom is 0.490 e. The van der Waals surface area contributed by atoms with Crippen LogP contribution in [0.3, 0.4) is 0 Å². The zero-order valence-electron chi connectivity index (χ0n) is 22.3. The van der Waals surface area contributed by atoms with Crippen molar-refractivity contribution in [2.75, 3.05) is 13.1 Å². The van der Waals surface area contributed by atoms with Crippen LogP contribution in [0.5, 0.6) is 0 Å². The number of nitrogens with zero attached hydrogens (tertiary/aromatic N) is 2. The van der Waals surface area contributed by atoms with Crippen LogP contribution in [-0.2, 0) is 27.5 Å². The van der Waals surface area contributed by atoms with Crippen molar-refractivity contribution in [3.63, 3.8) is 0 Å². The molecule has 1 aliphatic rings. The second-order valence-electron chi connectivity index (χ2n) is 9.80. The third-order valence-corrected chi connectivity index (χ3v) is 7.32. The van der Waals surface area contributed by atoms with Gasteiger partial charge in [0.2, 0.25) is 5.89 Å². The number of rotatable bonds is 10. The Morgan fingerprint density at radius 3 is 2.45 bits per heavy atom. The molecule has 40 heavy (non-hydrogen) atoms. The molecule has 1 saturated carbocycles. The Hall–Kier alpha value is -3.22. The Balaban J connectivity index is 0.000000559. The van der Waals surface area contributed by atoms with Crippen LogP contribution < -0.4 is 0 Å². The van der Waals surface area contributed by atoms with Crippen LogP contribution in [0.15, 0.2) is 46.2 Å². The predicted octanol–water partition coefficient (Wildman–Crippen LogP) is 6.32. The van der Waals surface area contributed by atoms with Crippen LogP contribution in [0.1, 0.15) is 47.6 Å². The Bertz CT molecular complexity index is 1230. The first kappa shape index (κ1) is 31.3. The molecule has 3 aromatic rings. The van der Waals surface area contributed by atoms with Crippen molar-refractivity contribution in [2.24, 2.45) is 5.92 Å². The van der Waals surface area contributed by atoms with E-state index >= 15 is 0 Å². The summed E-state index contributed by atoms with van der Waals surface area (Å²) in [5.74, 6) is -1.68. The summed E-state index contributed by atoms with van der Waals surface area (Å²) in [6.45, 7) is 5.97. The minimum Gasteiger partial charge on any atom is -0.480 e. The Labute approximate surface area is 234 Å². The summed E-state index contributed by atoms with van der Waals surface area (Å²) in [5.41, 5.74) is 3.02. The zero-order valence-corrected chi connectivity index (χ0v) is 23.1. The summed E-state index contributed by atoms with van der Waals surface area (Å²) in [4.78, 5) is 28.2. The summed E-state index contributed by atoms with van der Waals surface area (Å²) < 4.78 is 43.9. The van der Waals surface area contributed by atoms with E-state index in [1.807, 2.05) is 30.5 Å². The fraction of sp³-hybridized carbons (Fsp3) is 0.464. The van der Waals surface area contributed by atoms with Crippen LogP contribution in [0.2, 0.25) is 0 Å². The van der Waals surface area contributed by atoms with Crippen LogP contribution in [0.25, 0.3) is 11.5 Å². The van der Waals surface area contributed by atoms with Crippen molar-refractivity contribution in [3.8, 4) is 11.5 Å². The molecule has 0 amide bonds. The van der Waals surface area contributed by atoms with E-state index in [-0.39, 0.29) is 12.6 Å². The SMILES string of the molecule is Cc1ccc(-c2nc(CO[C@@H]3CCC[C@H](CN(CC(=O)O)Cc4cccs4)C3)c(C)o2)cc1.O=C(O)C(F)(F)F. The number of aryl methyl sites for hydroxylation is 2. The molecule has 1 fully saturated rings. The summed E-state index contributed by atoms with van der Waals surface area (Å²) in [5, 5.41) is 18.5. The van der Waals surface area contributed by atoms with Gasteiger partial charge in [0.25, 0.3) is 0 Å². The van der Waals surface area contributed by atoms with Gasteiger partial charge in [-0.15, -0.1) is 11.3 Å². The minimum atomic E-state index is -5.08. The molecule has 2 heterocycles. The van der Waals surface area contributed by atoms with Gasteiger partial charge in [0.15, 0.2) is 0 Å². The van der Waals surface area contributed by atoms with E-state index in [4.69, 9.17) is 19.1 Å².